The van der Waals surface area contributed by atoms with Crippen LogP contribution in [-0.4, -0.2) is 46.6 Å². The zero-order valence-corrected chi connectivity index (χ0v) is 22.2. The fourth-order valence-corrected chi connectivity index (χ4v) is 3.50. The van der Waals surface area contributed by atoms with Gasteiger partial charge in [0.05, 0.1) is 31.0 Å². The summed E-state index contributed by atoms with van der Waals surface area (Å²) in [6, 6.07) is 9.47. The van der Waals surface area contributed by atoms with Crippen molar-refractivity contribution in [3.63, 3.8) is 0 Å². The number of benzene rings is 1. The van der Waals surface area contributed by atoms with Crippen LogP contribution in [0.5, 0.6) is 0 Å². The Morgan fingerprint density at radius 2 is 1.59 bits per heavy atom. The molecule has 0 aliphatic rings. The maximum Gasteiger partial charge on any atom is 0.508 e. The molecule has 0 fully saturated rings. The summed E-state index contributed by atoms with van der Waals surface area (Å²) in [5, 5.41) is 0. The number of ketones is 3. The first-order chi connectivity index (χ1) is 15.6. The van der Waals surface area contributed by atoms with Crippen LogP contribution in [0, 0.1) is 17.3 Å². The number of Topliss-reactive ketones (excluding diaryl/α,β-unsaturated/α-hetero) is 3. The predicted molar refractivity (Wildman–Crippen MR) is 130 cm³/mol. The Hall–Kier alpha value is -1.67. The molecule has 0 unspecified atom stereocenters. The molecule has 0 heterocycles. The summed E-state index contributed by atoms with van der Waals surface area (Å²) >= 11 is 16.8. The van der Waals surface area contributed by atoms with E-state index in [1.807, 2.05) is 30.3 Å². The van der Waals surface area contributed by atoms with Gasteiger partial charge in [-0.25, -0.2) is 4.79 Å². The summed E-state index contributed by atoms with van der Waals surface area (Å²) < 4.78 is 14.2. The molecule has 0 saturated heterocycles. The van der Waals surface area contributed by atoms with E-state index in [1.54, 1.807) is 13.8 Å². The van der Waals surface area contributed by atoms with Gasteiger partial charge in [-0.3, -0.25) is 14.4 Å². The highest BCUT2D eigenvalue weighted by Crippen LogP contribution is 2.31. The molecule has 0 aliphatic carbocycles. The highest BCUT2D eigenvalue weighted by atomic mass is 35.6. The summed E-state index contributed by atoms with van der Waals surface area (Å²) in [5.41, 5.74) is -0.506. The lowest BCUT2D eigenvalue weighted by atomic mass is 9.74. The molecule has 190 valence electrons. The van der Waals surface area contributed by atoms with E-state index in [4.69, 9.17) is 49.0 Å². The van der Waals surface area contributed by atoms with Crippen molar-refractivity contribution in [3.05, 3.63) is 35.9 Å². The first kappa shape index (κ1) is 30.4. The molecular formula is C24H31Cl3O7. The molecule has 0 bridgehead atoms. The average molecular weight is 538 g/mol. The number of hydrogen-bond acceptors (Lipinski definition) is 7. The lowest BCUT2D eigenvalue weighted by Gasteiger charge is -2.32. The van der Waals surface area contributed by atoms with Gasteiger partial charge in [0.1, 0.15) is 18.5 Å². The molecule has 0 spiro atoms. The van der Waals surface area contributed by atoms with Gasteiger partial charge >= 0.3 is 6.16 Å². The lowest BCUT2D eigenvalue weighted by Crippen LogP contribution is -2.45. The van der Waals surface area contributed by atoms with Crippen LogP contribution in [-0.2, 0) is 35.2 Å². The molecule has 1 aromatic rings. The van der Waals surface area contributed by atoms with Crippen molar-refractivity contribution in [3.8, 4) is 0 Å². The van der Waals surface area contributed by atoms with Crippen LogP contribution < -0.4 is 0 Å². The van der Waals surface area contributed by atoms with Crippen LogP contribution in [0.3, 0.4) is 0 Å². The van der Waals surface area contributed by atoms with Crippen LogP contribution in [0.25, 0.3) is 0 Å². The predicted octanol–water partition coefficient (Wildman–Crippen LogP) is 5.51. The van der Waals surface area contributed by atoms with Gasteiger partial charge in [0.2, 0.25) is 3.79 Å². The molecule has 0 saturated carbocycles. The van der Waals surface area contributed by atoms with Gasteiger partial charge in [0, 0.05) is 5.92 Å². The summed E-state index contributed by atoms with van der Waals surface area (Å²) in [7, 11) is 0. The van der Waals surface area contributed by atoms with E-state index in [0.29, 0.717) is 6.61 Å². The summed E-state index contributed by atoms with van der Waals surface area (Å²) in [4.78, 5) is 49.5. The maximum atomic E-state index is 13.3. The Balaban J connectivity index is 2.99. The van der Waals surface area contributed by atoms with Gasteiger partial charge in [-0.15, -0.1) is 0 Å². The molecule has 0 amide bonds. The highest BCUT2D eigenvalue weighted by molar-refractivity contribution is 6.67. The number of carbonyl (C=O) groups is 4. The van der Waals surface area contributed by atoms with Gasteiger partial charge in [-0.2, -0.15) is 0 Å². The minimum atomic E-state index is -1.83. The average Bonchev–Trinajstić information content (AvgIpc) is 2.74. The number of carbonyl (C=O) groups excluding carboxylic acids is 4. The topological polar surface area (TPSA) is 96.0 Å². The second kappa shape index (κ2) is 13.4. The normalized spacial score (nSPS) is 14.6. The Bertz CT molecular complexity index is 850. The first-order valence-electron chi connectivity index (χ1n) is 10.7. The standard InChI is InChI=1S/C24H31Cl3O7/c1-15(12-32-13-18-9-7-6-8-10-18)20(34-22(31)33-14-24(25,26)27)17(3)21(30)23(4,5)19(29)11-16(2)28/h6-10,15,17,20H,11-14H2,1-5H3/t15-,17+,20-/m0/s1. The smallest absolute Gasteiger partial charge is 0.430 e. The van der Waals surface area contributed by atoms with Gasteiger partial charge < -0.3 is 14.2 Å². The maximum absolute atomic E-state index is 13.3. The van der Waals surface area contributed by atoms with E-state index in [-0.39, 0.29) is 18.8 Å². The number of alkyl halides is 3. The van der Waals surface area contributed by atoms with E-state index in [9.17, 15) is 19.2 Å². The number of halogens is 3. The molecule has 0 aromatic heterocycles. The minimum absolute atomic E-state index is 0.150. The molecule has 1 rings (SSSR count). The molecule has 10 heteroatoms. The number of hydrogen-bond donors (Lipinski definition) is 0. The summed E-state index contributed by atoms with van der Waals surface area (Å²) in [6.45, 7) is 7.39. The van der Waals surface area contributed by atoms with Crippen molar-refractivity contribution in [2.75, 3.05) is 13.2 Å². The molecule has 1 aromatic carbocycles. The molecular weight excluding hydrogens is 507 g/mol. The zero-order chi connectivity index (χ0) is 26.1. The number of rotatable bonds is 13. The van der Waals surface area contributed by atoms with Crippen LogP contribution in [0.2, 0.25) is 0 Å². The van der Waals surface area contributed by atoms with Gasteiger partial charge in [0.15, 0.2) is 11.6 Å². The van der Waals surface area contributed by atoms with Crippen LogP contribution in [0.4, 0.5) is 4.79 Å². The third-order valence-electron chi connectivity index (χ3n) is 5.27. The monoisotopic (exact) mass is 536 g/mol. The van der Waals surface area contributed by atoms with Crippen molar-refractivity contribution in [1.29, 1.82) is 0 Å². The zero-order valence-electron chi connectivity index (χ0n) is 19.9. The van der Waals surface area contributed by atoms with E-state index in [1.165, 1.54) is 20.8 Å². The molecule has 3 atom stereocenters. The second-order valence-electron chi connectivity index (χ2n) is 8.79. The molecule has 0 radical (unpaired) electrons. The van der Waals surface area contributed by atoms with Crippen LogP contribution in [0.1, 0.15) is 46.6 Å². The van der Waals surface area contributed by atoms with E-state index >= 15 is 0 Å². The Labute approximate surface area is 215 Å². The summed E-state index contributed by atoms with van der Waals surface area (Å²) in [6.07, 6.45) is -2.49. The minimum Gasteiger partial charge on any atom is -0.430 e. The lowest BCUT2D eigenvalue weighted by molar-refractivity contribution is -0.145. The van der Waals surface area contributed by atoms with Gasteiger partial charge in [-0.05, 0) is 26.3 Å². The van der Waals surface area contributed by atoms with E-state index in [0.717, 1.165) is 5.56 Å². The van der Waals surface area contributed by atoms with Crippen LogP contribution >= 0.6 is 34.8 Å². The quantitative estimate of drug-likeness (QED) is 0.186. The van der Waals surface area contributed by atoms with Gasteiger partial charge in [0.25, 0.3) is 0 Å². The third-order valence-corrected chi connectivity index (χ3v) is 5.60. The Morgan fingerprint density at radius 1 is 1.00 bits per heavy atom. The molecule has 7 nitrogen and oxygen atoms in total. The SMILES string of the molecule is CC(=O)CC(=O)C(C)(C)C(=O)[C@H](C)[C@@H](OC(=O)OCC(Cl)(Cl)Cl)[C@@H](C)COCc1ccccc1. The Morgan fingerprint density at radius 3 is 2.12 bits per heavy atom. The van der Waals surface area contributed by atoms with E-state index in [2.05, 4.69) is 0 Å². The fraction of sp³-hybridized carbons (Fsp3) is 0.583. The molecule has 0 N–H and O–H groups in total. The van der Waals surface area contributed by atoms with Crippen LogP contribution in [0.15, 0.2) is 30.3 Å². The first-order valence-corrected chi connectivity index (χ1v) is 11.9. The van der Waals surface area contributed by atoms with Crippen molar-refractivity contribution in [1.82, 2.24) is 0 Å². The van der Waals surface area contributed by atoms with Crippen molar-refractivity contribution in [2.24, 2.45) is 17.3 Å². The Kier molecular flexibility index (Phi) is 12.0. The fourth-order valence-electron chi connectivity index (χ4n) is 3.33. The summed E-state index contributed by atoms with van der Waals surface area (Å²) in [5.74, 6) is -2.71. The van der Waals surface area contributed by atoms with Crippen molar-refractivity contribution >= 4 is 58.3 Å². The highest BCUT2D eigenvalue weighted by Gasteiger charge is 2.43. The second-order valence-corrected chi connectivity index (χ2v) is 11.3. The van der Waals surface area contributed by atoms with Crippen molar-refractivity contribution < 1.29 is 33.4 Å². The third kappa shape index (κ3) is 10.3. The molecule has 0 aliphatic heterocycles. The van der Waals surface area contributed by atoms with Crippen molar-refractivity contribution in [2.45, 2.75) is 57.5 Å². The van der Waals surface area contributed by atoms with Gasteiger partial charge in [-0.1, -0.05) is 79.0 Å². The molecule has 34 heavy (non-hydrogen) atoms. The largest absolute Gasteiger partial charge is 0.508 e. The van der Waals surface area contributed by atoms with E-state index < -0.39 is 51.5 Å². The number of ether oxygens (including phenoxy) is 3.